The molecule has 3 aliphatic heterocycles. The van der Waals surface area contributed by atoms with Crippen molar-refractivity contribution in [1.29, 1.82) is 0 Å². The Morgan fingerprint density at radius 3 is 2.66 bits per heavy atom. The normalized spacial score (nSPS) is 34.5. The number of nitrogens with zero attached hydrogens (tertiary/aromatic N) is 1. The van der Waals surface area contributed by atoms with Crippen LogP contribution < -0.4 is 15.0 Å². The summed E-state index contributed by atoms with van der Waals surface area (Å²) >= 11 is 6.68. The topological polar surface area (TPSA) is 136 Å². The number of allylic oxidation sites excluding steroid dienone is 3. The molecule has 0 unspecified atom stereocenters. The predicted molar refractivity (Wildman–Crippen MR) is 164 cm³/mol. The average Bonchev–Trinajstić information content (AvgIpc) is 3.66. The van der Waals surface area contributed by atoms with Crippen molar-refractivity contribution in [1.82, 2.24) is 5.32 Å². The number of ether oxygens (including phenoxy) is 5. The van der Waals surface area contributed by atoms with Gasteiger partial charge in [0.1, 0.15) is 34.7 Å². The highest BCUT2D eigenvalue weighted by Crippen LogP contribution is 2.49. The summed E-state index contributed by atoms with van der Waals surface area (Å²) in [4.78, 5) is 40.6. The molecular weight excluding hydrogens is 592 g/mol. The summed E-state index contributed by atoms with van der Waals surface area (Å²) in [5.74, 6) is -0.813. The first-order valence-electron chi connectivity index (χ1n) is 14.8. The molecule has 0 saturated carbocycles. The first-order chi connectivity index (χ1) is 20.8. The Labute approximate surface area is 263 Å². The van der Waals surface area contributed by atoms with E-state index in [1.54, 1.807) is 26.1 Å². The number of amides is 2. The third-order valence-corrected chi connectivity index (χ3v) is 9.06. The Morgan fingerprint density at radius 1 is 1.27 bits per heavy atom. The summed E-state index contributed by atoms with van der Waals surface area (Å²) in [6, 6.07) is 3.64. The van der Waals surface area contributed by atoms with Crippen LogP contribution in [-0.4, -0.2) is 80.1 Å². The molecule has 0 aliphatic carbocycles. The van der Waals surface area contributed by atoms with Gasteiger partial charge in [-0.3, -0.25) is 14.9 Å². The number of methoxy groups -OCH3 is 2. The number of carbonyl (C=O) groups excluding carboxylic acids is 3. The van der Waals surface area contributed by atoms with Gasteiger partial charge in [0.25, 0.3) is 0 Å². The number of benzene rings is 1. The van der Waals surface area contributed by atoms with E-state index in [-0.39, 0.29) is 30.2 Å². The van der Waals surface area contributed by atoms with Gasteiger partial charge in [-0.15, -0.1) is 0 Å². The molecule has 3 heterocycles. The van der Waals surface area contributed by atoms with E-state index in [9.17, 15) is 19.5 Å². The van der Waals surface area contributed by atoms with Crippen molar-refractivity contribution in [3.05, 3.63) is 46.5 Å². The summed E-state index contributed by atoms with van der Waals surface area (Å²) in [6.07, 6.45) is 2.47. The Balaban J connectivity index is 1.79. The van der Waals surface area contributed by atoms with Gasteiger partial charge in [0.15, 0.2) is 5.72 Å². The minimum atomic E-state index is -1.76. The van der Waals surface area contributed by atoms with Crippen molar-refractivity contribution in [2.24, 2.45) is 5.92 Å². The third kappa shape index (κ3) is 7.06. The Bertz CT molecular complexity index is 1330. The van der Waals surface area contributed by atoms with Gasteiger partial charge in [0, 0.05) is 32.9 Å². The molecule has 0 aromatic heterocycles. The van der Waals surface area contributed by atoms with Gasteiger partial charge >= 0.3 is 12.1 Å². The maximum Gasteiger partial charge on any atom is 0.409 e. The zero-order chi connectivity index (χ0) is 32.4. The van der Waals surface area contributed by atoms with Crippen LogP contribution in [-0.2, 0) is 35.0 Å². The Hall–Kier alpha value is -3.12. The standard InChI is InChI=1S/C32H43ClN2O9/c1-8-10-27(37)43-25-16-26(36)35(5)21-14-20(15-22(40-6)28(21)33)13-18(2)11-9-12-24(41-7)32(39)17-23(42-30(38)34-32)19(3)29-31(25,4)44-29/h9,11-12,14-15,19,23-25,29,39H,8,10,13,16-17H2,1-7H3,(H,34,38)/b12-9+,18-11-/t19-,23+,24-,25+,29-,31-,32-/m0/s1. The van der Waals surface area contributed by atoms with Gasteiger partial charge in [0.05, 0.1) is 25.3 Å². The van der Waals surface area contributed by atoms with Gasteiger partial charge in [-0.25, -0.2) is 4.79 Å². The first-order valence-corrected chi connectivity index (χ1v) is 15.2. The number of alkyl carbamates (subject to hydrolysis) is 1. The lowest BCUT2D eigenvalue weighted by Gasteiger charge is -2.42. The number of epoxide rings is 1. The molecule has 44 heavy (non-hydrogen) atoms. The first kappa shape index (κ1) is 33.8. The molecule has 0 radical (unpaired) electrons. The molecule has 242 valence electrons. The molecule has 0 spiro atoms. The number of hydrogen-bond donors (Lipinski definition) is 2. The second-order valence-electron chi connectivity index (χ2n) is 12.0. The number of nitrogens with one attached hydrogen (secondary N) is 1. The Kier molecular flexibility index (Phi) is 10.3. The van der Waals surface area contributed by atoms with Crippen LogP contribution in [0, 0.1) is 5.92 Å². The average molecular weight is 635 g/mol. The van der Waals surface area contributed by atoms with Crippen molar-refractivity contribution in [3.63, 3.8) is 0 Å². The van der Waals surface area contributed by atoms with Crippen LogP contribution in [0.25, 0.3) is 0 Å². The molecule has 1 aromatic rings. The van der Waals surface area contributed by atoms with Crippen molar-refractivity contribution in [2.45, 2.75) is 95.5 Å². The lowest BCUT2D eigenvalue weighted by atomic mass is 9.83. The summed E-state index contributed by atoms with van der Waals surface area (Å²) < 4.78 is 28.8. The second-order valence-corrected chi connectivity index (χ2v) is 12.4. The highest BCUT2D eigenvalue weighted by atomic mass is 35.5. The van der Waals surface area contributed by atoms with E-state index in [4.69, 9.17) is 35.3 Å². The molecule has 4 bridgehead atoms. The van der Waals surface area contributed by atoms with E-state index in [1.165, 1.54) is 19.1 Å². The number of aliphatic hydroxyl groups is 1. The minimum absolute atomic E-state index is 0.00742. The predicted octanol–water partition coefficient (Wildman–Crippen LogP) is 4.47. The lowest BCUT2D eigenvalue weighted by Crippen LogP contribution is -2.63. The van der Waals surface area contributed by atoms with Crippen LogP contribution in [0.2, 0.25) is 5.02 Å². The smallest absolute Gasteiger partial charge is 0.409 e. The van der Waals surface area contributed by atoms with Crippen molar-refractivity contribution >= 4 is 35.3 Å². The summed E-state index contributed by atoms with van der Waals surface area (Å²) in [6.45, 7) is 7.41. The highest BCUT2D eigenvalue weighted by Gasteiger charge is 2.64. The highest BCUT2D eigenvalue weighted by molar-refractivity contribution is 6.35. The van der Waals surface area contributed by atoms with E-state index in [2.05, 4.69) is 5.32 Å². The number of rotatable bonds is 5. The van der Waals surface area contributed by atoms with Crippen molar-refractivity contribution < 1.29 is 43.2 Å². The number of halogens is 1. The van der Waals surface area contributed by atoms with Gasteiger partial charge in [-0.1, -0.05) is 49.2 Å². The summed E-state index contributed by atoms with van der Waals surface area (Å²) in [5, 5.41) is 14.4. The quantitative estimate of drug-likeness (QED) is 0.355. The maximum atomic E-state index is 13.8. The van der Waals surface area contributed by atoms with E-state index in [0.29, 0.717) is 24.3 Å². The van der Waals surface area contributed by atoms with E-state index in [0.717, 1.165) is 11.1 Å². The number of anilines is 1. The molecule has 11 nitrogen and oxygen atoms in total. The van der Waals surface area contributed by atoms with Gasteiger partial charge in [0.2, 0.25) is 5.91 Å². The van der Waals surface area contributed by atoms with Gasteiger partial charge < -0.3 is 33.7 Å². The van der Waals surface area contributed by atoms with Crippen LogP contribution in [0.1, 0.15) is 58.9 Å². The minimum Gasteiger partial charge on any atom is -0.495 e. The van der Waals surface area contributed by atoms with Crippen LogP contribution in [0.15, 0.2) is 35.9 Å². The number of hydrogen-bond acceptors (Lipinski definition) is 9. The van der Waals surface area contributed by atoms with Gasteiger partial charge in [-0.2, -0.15) is 0 Å². The summed E-state index contributed by atoms with van der Waals surface area (Å²) in [7, 11) is 4.57. The van der Waals surface area contributed by atoms with Crippen LogP contribution in [0.3, 0.4) is 0 Å². The molecule has 2 N–H and O–H groups in total. The molecule has 2 saturated heterocycles. The SMILES string of the molecule is CCCC(=O)O[C@@H]1CC(=O)N(C)c2cc(cc(OC)c2Cl)C/C(C)=C\C=C\[C@H](OC)[C@@]2(O)C[C@@H](OC(=O)N2)[C@H](C)[C@@H]2O[C@@]12C. The van der Waals surface area contributed by atoms with E-state index < -0.39 is 53.7 Å². The molecule has 7 atom stereocenters. The van der Waals surface area contributed by atoms with Crippen molar-refractivity contribution in [3.8, 4) is 5.75 Å². The van der Waals surface area contributed by atoms with E-state index in [1.807, 2.05) is 39.0 Å². The molecule has 4 rings (SSSR count). The third-order valence-electron chi connectivity index (χ3n) is 8.68. The largest absolute Gasteiger partial charge is 0.495 e. The second kappa shape index (κ2) is 13.5. The lowest BCUT2D eigenvalue weighted by molar-refractivity contribution is -0.153. The fourth-order valence-corrected chi connectivity index (χ4v) is 6.34. The molecular formula is C32H43ClN2O9. The molecule has 3 aliphatic rings. The Morgan fingerprint density at radius 2 is 2.00 bits per heavy atom. The number of esters is 1. The van der Waals surface area contributed by atoms with E-state index >= 15 is 0 Å². The molecule has 12 heteroatoms. The fourth-order valence-electron chi connectivity index (χ4n) is 6.03. The van der Waals surface area contributed by atoms with Crippen LogP contribution >= 0.6 is 11.6 Å². The molecule has 2 amide bonds. The summed E-state index contributed by atoms with van der Waals surface area (Å²) in [5.41, 5.74) is -0.561. The van der Waals surface area contributed by atoms with Crippen LogP contribution in [0.5, 0.6) is 5.75 Å². The number of fused-ring (bicyclic) bond motifs is 5. The van der Waals surface area contributed by atoms with Gasteiger partial charge in [-0.05, 0) is 44.4 Å². The zero-order valence-corrected chi connectivity index (χ0v) is 27.1. The monoisotopic (exact) mass is 634 g/mol. The fraction of sp³-hybridized carbons (Fsp3) is 0.594. The van der Waals surface area contributed by atoms with Crippen LogP contribution in [0.4, 0.5) is 10.5 Å². The maximum absolute atomic E-state index is 13.8. The number of carbonyl (C=O) groups is 3. The zero-order valence-electron chi connectivity index (χ0n) is 26.3. The molecule has 1 aromatic carbocycles. The van der Waals surface area contributed by atoms with Crippen molar-refractivity contribution in [2.75, 3.05) is 26.2 Å². The molecule has 2 fully saturated rings.